The summed E-state index contributed by atoms with van der Waals surface area (Å²) in [6, 6.07) is 12.9. The first-order valence-corrected chi connectivity index (χ1v) is 9.82. The fraction of sp³-hybridized carbons (Fsp3) is 0.409. The molecule has 1 heterocycles. The lowest BCUT2D eigenvalue weighted by atomic mass is 9.98. The molecule has 1 aliphatic rings. The number of benzene rings is 2. The number of halogens is 1. The molecule has 5 heteroatoms. The van der Waals surface area contributed by atoms with Crippen LogP contribution in [0.25, 0.3) is 0 Å². The van der Waals surface area contributed by atoms with Crippen LogP contribution in [-0.4, -0.2) is 29.1 Å². The van der Waals surface area contributed by atoms with Gasteiger partial charge in [0.05, 0.1) is 12.0 Å². The normalized spacial score (nSPS) is 16.0. The minimum atomic E-state index is -0.694. The number of carbonyl (C=O) groups is 1. The Morgan fingerprint density at radius 3 is 2.52 bits per heavy atom. The van der Waals surface area contributed by atoms with Crippen molar-refractivity contribution in [3.05, 3.63) is 63.7 Å². The smallest absolute Gasteiger partial charge is 0.309 e. The van der Waals surface area contributed by atoms with Crippen LogP contribution in [0.3, 0.4) is 0 Å². The Kier molecular flexibility index (Phi) is 6.08. The van der Waals surface area contributed by atoms with E-state index in [9.17, 15) is 4.79 Å². The average Bonchev–Trinajstić information content (AvgIpc) is 2.60. The van der Waals surface area contributed by atoms with E-state index in [4.69, 9.17) is 16.7 Å². The van der Waals surface area contributed by atoms with Crippen molar-refractivity contribution in [2.75, 3.05) is 18.4 Å². The number of nitrogens with one attached hydrogen (secondary N) is 1. The highest BCUT2D eigenvalue weighted by molar-refractivity contribution is 6.32. The molecule has 1 fully saturated rings. The van der Waals surface area contributed by atoms with Gasteiger partial charge in [0.2, 0.25) is 0 Å². The molecule has 4 nitrogen and oxygen atoms in total. The van der Waals surface area contributed by atoms with Crippen LogP contribution in [0.4, 0.5) is 5.69 Å². The predicted molar refractivity (Wildman–Crippen MR) is 110 cm³/mol. The van der Waals surface area contributed by atoms with E-state index < -0.39 is 5.97 Å². The summed E-state index contributed by atoms with van der Waals surface area (Å²) in [6.07, 6.45) is 0.969. The molecule has 1 aliphatic heterocycles. The van der Waals surface area contributed by atoms with Crippen LogP contribution in [0.2, 0.25) is 5.02 Å². The van der Waals surface area contributed by atoms with Crippen molar-refractivity contribution >= 4 is 23.3 Å². The average molecular weight is 387 g/mol. The molecule has 144 valence electrons. The first-order chi connectivity index (χ1) is 12.9. The van der Waals surface area contributed by atoms with Crippen molar-refractivity contribution in [2.24, 2.45) is 5.92 Å². The monoisotopic (exact) mass is 386 g/mol. The lowest BCUT2D eigenvalue weighted by Gasteiger charge is -2.36. The minimum absolute atomic E-state index is 0.216. The van der Waals surface area contributed by atoms with Gasteiger partial charge in [-0.2, -0.15) is 0 Å². The summed E-state index contributed by atoms with van der Waals surface area (Å²) in [5, 5.41) is 13.5. The SMILES string of the molecule is CC[C@@H](Nc1cccc(CN2CC(C(=O)O)C2)c1)c1cc(C)c(Cl)c(C)c1. The standard InChI is InChI=1S/C22H27ClN2O2/c1-4-20(17-8-14(2)21(23)15(3)9-17)24-19-7-5-6-16(10-19)11-25-12-18(13-25)22(26)27/h5-10,18,20,24H,4,11-13H2,1-3H3,(H,26,27)/t20-/m1/s1. The third-order valence-electron chi connectivity index (χ3n) is 5.25. The molecule has 0 bridgehead atoms. The number of rotatable bonds is 7. The molecule has 1 atom stereocenters. The molecule has 0 aliphatic carbocycles. The van der Waals surface area contributed by atoms with E-state index in [1.54, 1.807) is 0 Å². The second kappa shape index (κ2) is 8.32. The Labute approximate surface area is 166 Å². The third-order valence-corrected chi connectivity index (χ3v) is 5.85. The first kappa shape index (κ1) is 19.7. The molecule has 0 aromatic heterocycles. The van der Waals surface area contributed by atoms with Gasteiger partial charge < -0.3 is 10.4 Å². The maximum atomic E-state index is 10.9. The van der Waals surface area contributed by atoms with Gasteiger partial charge in [0, 0.05) is 30.3 Å². The lowest BCUT2D eigenvalue weighted by Crippen LogP contribution is -2.49. The Hall–Kier alpha value is -2.04. The van der Waals surface area contributed by atoms with Crippen molar-refractivity contribution in [3.8, 4) is 0 Å². The maximum Gasteiger partial charge on any atom is 0.309 e. The number of nitrogens with zero attached hydrogens (tertiary/aromatic N) is 1. The number of aryl methyl sites for hydroxylation is 2. The molecule has 0 unspecified atom stereocenters. The van der Waals surface area contributed by atoms with Crippen molar-refractivity contribution in [2.45, 2.75) is 39.8 Å². The number of carboxylic acids is 1. The zero-order valence-electron chi connectivity index (χ0n) is 16.1. The minimum Gasteiger partial charge on any atom is -0.481 e. The number of aliphatic carboxylic acids is 1. The van der Waals surface area contributed by atoms with Gasteiger partial charge in [-0.25, -0.2) is 0 Å². The molecule has 0 saturated carbocycles. The van der Waals surface area contributed by atoms with Crippen LogP contribution in [0.15, 0.2) is 36.4 Å². The highest BCUT2D eigenvalue weighted by Gasteiger charge is 2.32. The van der Waals surface area contributed by atoms with E-state index in [0.717, 1.165) is 34.8 Å². The summed E-state index contributed by atoms with van der Waals surface area (Å²) < 4.78 is 0. The molecular weight excluding hydrogens is 360 g/mol. The van der Waals surface area contributed by atoms with Crippen LogP contribution in [0.5, 0.6) is 0 Å². The largest absolute Gasteiger partial charge is 0.481 e. The van der Waals surface area contributed by atoms with Crippen LogP contribution in [-0.2, 0) is 11.3 Å². The molecule has 0 spiro atoms. The van der Waals surface area contributed by atoms with Crippen molar-refractivity contribution in [1.82, 2.24) is 4.90 Å². The summed E-state index contributed by atoms with van der Waals surface area (Å²) >= 11 is 6.31. The van der Waals surface area contributed by atoms with Crippen molar-refractivity contribution in [3.63, 3.8) is 0 Å². The van der Waals surface area contributed by atoms with Gasteiger partial charge in [-0.15, -0.1) is 0 Å². The molecule has 0 amide bonds. The Morgan fingerprint density at radius 2 is 1.93 bits per heavy atom. The van der Waals surface area contributed by atoms with E-state index >= 15 is 0 Å². The fourth-order valence-corrected chi connectivity index (χ4v) is 3.78. The number of likely N-dealkylation sites (tertiary alicyclic amines) is 1. The number of hydrogen-bond donors (Lipinski definition) is 2. The van der Waals surface area contributed by atoms with Crippen LogP contribution in [0.1, 0.15) is 41.6 Å². The highest BCUT2D eigenvalue weighted by atomic mass is 35.5. The molecule has 0 radical (unpaired) electrons. The quantitative estimate of drug-likeness (QED) is 0.700. The third kappa shape index (κ3) is 4.63. The van der Waals surface area contributed by atoms with E-state index in [1.807, 2.05) is 13.8 Å². The summed E-state index contributed by atoms with van der Waals surface area (Å²) in [6.45, 7) is 8.32. The summed E-state index contributed by atoms with van der Waals surface area (Å²) in [7, 11) is 0. The van der Waals surface area contributed by atoms with E-state index in [1.165, 1.54) is 11.1 Å². The predicted octanol–water partition coefficient (Wildman–Crippen LogP) is 5.04. The highest BCUT2D eigenvalue weighted by Crippen LogP contribution is 2.29. The topological polar surface area (TPSA) is 52.6 Å². The molecular formula is C22H27ClN2O2. The van der Waals surface area contributed by atoms with Gasteiger partial charge in [-0.3, -0.25) is 9.69 Å². The van der Waals surface area contributed by atoms with Gasteiger partial charge in [0.25, 0.3) is 0 Å². The fourth-order valence-electron chi connectivity index (χ4n) is 3.68. The lowest BCUT2D eigenvalue weighted by molar-refractivity contribution is -0.147. The van der Waals surface area contributed by atoms with E-state index in [2.05, 4.69) is 53.5 Å². The van der Waals surface area contributed by atoms with Crippen LogP contribution < -0.4 is 5.32 Å². The zero-order chi connectivity index (χ0) is 19.6. The number of hydrogen-bond acceptors (Lipinski definition) is 3. The Morgan fingerprint density at radius 1 is 1.26 bits per heavy atom. The Balaban J connectivity index is 1.68. The maximum absolute atomic E-state index is 10.9. The second-order valence-electron chi connectivity index (χ2n) is 7.50. The number of carboxylic acid groups (broad SMARTS) is 1. The summed E-state index contributed by atoms with van der Waals surface area (Å²) in [5.74, 6) is -0.909. The van der Waals surface area contributed by atoms with Gasteiger partial charge in [0.15, 0.2) is 0 Å². The second-order valence-corrected chi connectivity index (χ2v) is 7.88. The Bertz CT molecular complexity index is 808. The molecule has 2 aromatic carbocycles. The van der Waals surface area contributed by atoms with Gasteiger partial charge >= 0.3 is 5.97 Å². The molecule has 3 rings (SSSR count). The molecule has 2 aromatic rings. The molecule has 2 N–H and O–H groups in total. The van der Waals surface area contributed by atoms with Gasteiger partial charge in [-0.05, 0) is 54.7 Å². The molecule has 27 heavy (non-hydrogen) atoms. The van der Waals surface area contributed by atoms with Crippen LogP contribution >= 0.6 is 11.6 Å². The van der Waals surface area contributed by atoms with Gasteiger partial charge in [0.1, 0.15) is 0 Å². The van der Waals surface area contributed by atoms with Gasteiger partial charge in [-0.1, -0.05) is 42.8 Å². The summed E-state index contributed by atoms with van der Waals surface area (Å²) in [5.41, 5.74) is 5.73. The van der Waals surface area contributed by atoms with E-state index in [-0.39, 0.29) is 12.0 Å². The van der Waals surface area contributed by atoms with Crippen molar-refractivity contribution in [1.29, 1.82) is 0 Å². The summed E-state index contributed by atoms with van der Waals surface area (Å²) in [4.78, 5) is 13.1. The van der Waals surface area contributed by atoms with E-state index in [0.29, 0.717) is 13.1 Å². The van der Waals surface area contributed by atoms with Crippen LogP contribution in [0, 0.1) is 19.8 Å². The number of anilines is 1. The van der Waals surface area contributed by atoms with Crippen molar-refractivity contribution < 1.29 is 9.90 Å². The first-order valence-electron chi connectivity index (χ1n) is 9.44. The zero-order valence-corrected chi connectivity index (χ0v) is 16.9. The molecule has 1 saturated heterocycles.